The predicted molar refractivity (Wildman–Crippen MR) is 162 cm³/mol. The van der Waals surface area contributed by atoms with Crippen molar-refractivity contribution in [1.29, 1.82) is 0 Å². The Kier molecular flexibility index (Phi) is 7.53. The van der Waals surface area contributed by atoms with Gasteiger partial charge >= 0.3 is 6.18 Å². The predicted octanol–water partition coefficient (Wildman–Crippen LogP) is 9.77. The van der Waals surface area contributed by atoms with Crippen molar-refractivity contribution >= 4 is 22.2 Å². The fourth-order valence-corrected chi connectivity index (χ4v) is 5.06. The van der Waals surface area contributed by atoms with Crippen molar-refractivity contribution in [2.75, 3.05) is 0 Å². The minimum Gasteiger partial charge on any atom is -0.346 e. The summed E-state index contributed by atoms with van der Waals surface area (Å²) in [5.74, 6) is 0. The molecule has 0 radical (unpaired) electrons. The smallest absolute Gasteiger partial charge is 0.346 e. The summed E-state index contributed by atoms with van der Waals surface area (Å²) in [6.45, 7) is 12.4. The molecule has 40 heavy (non-hydrogen) atoms. The second-order valence-corrected chi connectivity index (χ2v) is 10.5. The first-order valence-electron chi connectivity index (χ1n) is 13.3. The van der Waals surface area contributed by atoms with Crippen LogP contribution < -0.4 is 0 Å². The first kappa shape index (κ1) is 27.3. The van der Waals surface area contributed by atoms with Crippen molar-refractivity contribution in [1.82, 2.24) is 14.5 Å². The molecule has 0 bridgehead atoms. The van der Waals surface area contributed by atoms with Gasteiger partial charge in [0.15, 0.2) is 0 Å². The van der Waals surface area contributed by atoms with E-state index in [-0.39, 0.29) is 2.85 Å². The number of nitrogens with zero attached hydrogens (tertiary/aromatic N) is 2. The molecule has 0 aliphatic rings. The number of allylic oxidation sites excluding steroid dienone is 2. The third kappa shape index (κ3) is 6.12. The van der Waals surface area contributed by atoms with Crippen LogP contribution in [0.2, 0.25) is 0 Å². The minimum absolute atomic E-state index is 0. The molecule has 0 saturated carbocycles. The standard InChI is InChI=1S/C34H32F3N3.2H2/c1-22-11-13-40(21-22)32-18-29(17-31(19-32)34(35,36)37)25(4)15-26-8-9-27(24(3)14-26)7-5-6-23(2)30-16-28-10-12-38-33(28)39-20-30;;/h8-14,16-21H,2,4-7,15H2,1,3H3,(H,38,39);2*1H. The van der Waals surface area contributed by atoms with Gasteiger partial charge in [0, 0.05) is 38.7 Å². The van der Waals surface area contributed by atoms with Crippen molar-refractivity contribution in [3.05, 3.63) is 131 Å². The number of aromatic nitrogens is 3. The maximum atomic E-state index is 13.7. The molecule has 3 nitrogen and oxygen atoms in total. The lowest BCUT2D eigenvalue weighted by molar-refractivity contribution is -0.137. The molecular weight excluding hydrogens is 507 g/mol. The number of H-pyrrole nitrogens is 1. The van der Waals surface area contributed by atoms with Gasteiger partial charge in [0.25, 0.3) is 0 Å². The summed E-state index contributed by atoms with van der Waals surface area (Å²) in [6.07, 6.45) is 6.11. The molecule has 3 heterocycles. The van der Waals surface area contributed by atoms with Gasteiger partial charge in [-0.05, 0) is 120 Å². The number of hydrogen-bond donors (Lipinski definition) is 1. The molecule has 208 valence electrons. The Bertz CT molecular complexity index is 1710. The summed E-state index contributed by atoms with van der Waals surface area (Å²) in [5.41, 5.74) is 8.35. The Morgan fingerprint density at radius 3 is 2.52 bits per heavy atom. The fraction of sp³-hybridized carbons (Fsp3) is 0.206. The molecule has 5 rings (SSSR count). The Morgan fingerprint density at radius 1 is 0.975 bits per heavy atom. The van der Waals surface area contributed by atoms with Gasteiger partial charge in [-0.2, -0.15) is 13.2 Å². The number of nitrogens with one attached hydrogen (secondary N) is 1. The summed E-state index contributed by atoms with van der Waals surface area (Å²) in [5, 5.41) is 1.08. The molecule has 0 aliphatic heterocycles. The number of aromatic amines is 1. The first-order valence-corrected chi connectivity index (χ1v) is 13.3. The molecule has 0 spiro atoms. The number of rotatable bonds is 9. The minimum atomic E-state index is -4.44. The monoisotopic (exact) mass is 543 g/mol. The molecular formula is C34H36F3N3. The van der Waals surface area contributed by atoms with Gasteiger partial charge in [-0.15, -0.1) is 0 Å². The van der Waals surface area contributed by atoms with Crippen molar-refractivity contribution < 1.29 is 16.0 Å². The highest BCUT2D eigenvalue weighted by atomic mass is 19.4. The normalized spacial score (nSPS) is 11.7. The Labute approximate surface area is 235 Å². The Hall–Kier alpha value is -4.32. The topological polar surface area (TPSA) is 33.6 Å². The largest absolute Gasteiger partial charge is 0.416 e. The summed E-state index contributed by atoms with van der Waals surface area (Å²) in [6, 6.07) is 16.4. The van der Waals surface area contributed by atoms with Crippen LogP contribution in [-0.2, 0) is 19.0 Å². The van der Waals surface area contributed by atoms with E-state index >= 15 is 0 Å². The fourth-order valence-electron chi connectivity index (χ4n) is 5.06. The molecule has 3 aromatic heterocycles. The van der Waals surface area contributed by atoms with Crippen LogP contribution in [-0.4, -0.2) is 14.5 Å². The van der Waals surface area contributed by atoms with Gasteiger partial charge in [0.05, 0.1) is 5.56 Å². The van der Waals surface area contributed by atoms with E-state index in [1.165, 1.54) is 23.3 Å². The highest BCUT2D eigenvalue weighted by Crippen LogP contribution is 2.34. The summed E-state index contributed by atoms with van der Waals surface area (Å²) in [4.78, 5) is 7.56. The number of halogens is 3. The van der Waals surface area contributed by atoms with Crippen LogP contribution in [0.3, 0.4) is 0 Å². The van der Waals surface area contributed by atoms with E-state index in [0.29, 0.717) is 23.2 Å². The van der Waals surface area contributed by atoms with Crippen LogP contribution in [0, 0.1) is 13.8 Å². The van der Waals surface area contributed by atoms with Gasteiger partial charge in [-0.3, -0.25) is 0 Å². The molecule has 0 atom stereocenters. The average Bonchev–Trinajstić information content (AvgIpc) is 3.57. The maximum absolute atomic E-state index is 13.7. The number of benzene rings is 2. The molecule has 6 heteroatoms. The summed E-state index contributed by atoms with van der Waals surface area (Å²) >= 11 is 0. The van der Waals surface area contributed by atoms with E-state index in [4.69, 9.17) is 0 Å². The van der Waals surface area contributed by atoms with E-state index in [9.17, 15) is 13.2 Å². The number of fused-ring (bicyclic) bond motifs is 1. The molecule has 0 fully saturated rings. The first-order chi connectivity index (χ1) is 19.1. The zero-order valence-electron chi connectivity index (χ0n) is 22.8. The van der Waals surface area contributed by atoms with Crippen molar-refractivity contribution in [3.8, 4) is 5.69 Å². The van der Waals surface area contributed by atoms with Gasteiger partial charge in [-0.25, -0.2) is 4.98 Å². The third-order valence-electron chi connectivity index (χ3n) is 7.35. The lowest BCUT2D eigenvalue weighted by Crippen LogP contribution is -2.07. The lowest BCUT2D eigenvalue weighted by Gasteiger charge is -2.15. The molecule has 5 aromatic rings. The molecule has 1 N–H and O–H groups in total. The third-order valence-corrected chi connectivity index (χ3v) is 7.35. The van der Waals surface area contributed by atoms with Gasteiger partial charge < -0.3 is 9.55 Å². The molecule has 2 aromatic carbocycles. The van der Waals surface area contributed by atoms with E-state index in [0.717, 1.165) is 52.6 Å². The highest BCUT2D eigenvalue weighted by molar-refractivity contribution is 5.80. The van der Waals surface area contributed by atoms with E-state index in [1.54, 1.807) is 16.8 Å². The Balaban J connectivity index is 0.00000242. The second-order valence-electron chi connectivity index (χ2n) is 10.5. The van der Waals surface area contributed by atoms with Crippen molar-refractivity contribution in [2.24, 2.45) is 0 Å². The van der Waals surface area contributed by atoms with Crippen LogP contribution in [0.5, 0.6) is 0 Å². The van der Waals surface area contributed by atoms with Crippen LogP contribution in [0.4, 0.5) is 13.2 Å². The zero-order chi connectivity index (χ0) is 28.4. The van der Waals surface area contributed by atoms with Crippen LogP contribution in [0.25, 0.3) is 27.9 Å². The maximum Gasteiger partial charge on any atom is 0.416 e. The molecule has 0 unspecified atom stereocenters. The van der Waals surface area contributed by atoms with Crippen LogP contribution in [0.1, 0.15) is 54.6 Å². The molecule has 0 amide bonds. The number of hydrogen-bond acceptors (Lipinski definition) is 1. The van der Waals surface area contributed by atoms with Crippen LogP contribution >= 0.6 is 0 Å². The number of aryl methyl sites for hydroxylation is 3. The number of alkyl halides is 3. The molecule has 0 aliphatic carbocycles. The van der Waals surface area contributed by atoms with Gasteiger partial charge in [0.1, 0.15) is 5.65 Å². The SMILES string of the molecule is C=C(CCCc1ccc(CC(=C)c2cc(-n3ccc(C)c3)cc(C(F)(F)F)c2)cc1C)c1cnc2[nH]ccc2c1.[HH].[HH]. The number of pyridine rings is 1. The second kappa shape index (κ2) is 11.0. The molecule has 0 saturated heterocycles. The lowest BCUT2D eigenvalue weighted by atomic mass is 9.93. The quantitative estimate of drug-likeness (QED) is 0.197. The van der Waals surface area contributed by atoms with Crippen LogP contribution in [0.15, 0.2) is 92.5 Å². The van der Waals surface area contributed by atoms with Crippen molar-refractivity contribution in [3.63, 3.8) is 0 Å². The highest BCUT2D eigenvalue weighted by Gasteiger charge is 2.31. The zero-order valence-corrected chi connectivity index (χ0v) is 22.8. The van der Waals surface area contributed by atoms with E-state index in [1.807, 2.05) is 37.6 Å². The average molecular weight is 544 g/mol. The van der Waals surface area contributed by atoms with Gasteiger partial charge in [0.2, 0.25) is 0 Å². The summed E-state index contributed by atoms with van der Waals surface area (Å²) < 4.78 is 42.8. The summed E-state index contributed by atoms with van der Waals surface area (Å²) in [7, 11) is 0. The van der Waals surface area contributed by atoms with E-state index in [2.05, 4.69) is 54.3 Å². The Morgan fingerprint density at radius 2 is 1.80 bits per heavy atom. The van der Waals surface area contributed by atoms with Gasteiger partial charge in [-0.1, -0.05) is 31.4 Å². The van der Waals surface area contributed by atoms with E-state index < -0.39 is 11.7 Å². The van der Waals surface area contributed by atoms with Crippen molar-refractivity contribution in [2.45, 2.75) is 45.7 Å².